The van der Waals surface area contributed by atoms with Crippen LogP contribution in [0.2, 0.25) is 0 Å². The fourth-order valence-corrected chi connectivity index (χ4v) is 4.68. The Kier molecular flexibility index (Phi) is 9.77. The lowest BCUT2D eigenvalue weighted by molar-refractivity contribution is -0.122. The van der Waals surface area contributed by atoms with Crippen molar-refractivity contribution in [3.05, 3.63) is 59.7 Å². The summed E-state index contributed by atoms with van der Waals surface area (Å²) in [5.74, 6) is -0.187. The van der Waals surface area contributed by atoms with Gasteiger partial charge in [0.15, 0.2) is 0 Å². The number of rotatable bonds is 10. The molecular formula is C27H38N6O3. The van der Waals surface area contributed by atoms with Gasteiger partial charge in [0.05, 0.1) is 25.1 Å². The molecule has 1 aromatic carbocycles. The molecule has 0 spiro atoms. The minimum Gasteiger partial charge on any atom is -0.379 e. The molecule has 1 N–H and O–H groups in total. The maximum atomic E-state index is 13.2. The van der Waals surface area contributed by atoms with Gasteiger partial charge < -0.3 is 15.0 Å². The molecule has 36 heavy (non-hydrogen) atoms. The summed E-state index contributed by atoms with van der Waals surface area (Å²) in [5, 5.41) is 3.19. The highest BCUT2D eigenvalue weighted by Crippen LogP contribution is 2.14. The van der Waals surface area contributed by atoms with Gasteiger partial charge in [0, 0.05) is 71.0 Å². The number of piperidine rings is 1. The summed E-state index contributed by atoms with van der Waals surface area (Å²) in [5.41, 5.74) is 2.40. The van der Waals surface area contributed by atoms with Gasteiger partial charge in [0.1, 0.15) is 5.69 Å². The Balaban J connectivity index is 1.25. The Hall–Kier alpha value is -2.88. The molecular weight excluding hydrogens is 456 g/mol. The van der Waals surface area contributed by atoms with Crippen molar-refractivity contribution in [2.45, 2.75) is 38.8 Å². The van der Waals surface area contributed by atoms with Crippen LogP contribution >= 0.6 is 0 Å². The first-order valence-corrected chi connectivity index (χ1v) is 13.0. The summed E-state index contributed by atoms with van der Waals surface area (Å²) in [6, 6.07) is 10.7. The van der Waals surface area contributed by atoms with Gasteiger partial charge in [-0.2, -0.15) is 0 Å². The van der Waals surface area contributed by atoms with Crippen molar-refractivity contribution in [3.8, 4) is 0 Å². The summed E-state index contributed by atoms with van der Waals surface area (Å²) < 4.78 is 5.43. The molecule has 0 unspecified atom stereocenters. The summed E-state index contributed by atoms with van der Waals surface area (Å²) in [4.78, 5) is 40.9. The number of morpholine rings is 1. The van der Waals surface area contributed by atoms with E-state index in [0.717, 1.165) is 57.8 Å². The van der Waals surface area contributed by atoms with E-state index in [-0.39, 0.29) is 24.3 Å². The zero-order chi connectivity index (χ0) is 25.2. The van der Waals surface area contributed by atoms with Crippen molar-refractivity contribution in [2.24, 2.45) is 0 Å². The lowest BCUT2D eigenvalue weighted by Crippen LogP contribution is -2.46. The number of aromatic nitrogens is 2. The van der Waals surface area contributed by atoms with Crippen molar-refractivity contribution in [3.63, 3.8) is 0 Å². The van der Waals surface area contributed by atoms with E-state index in [1.165, 1.54) is 11.8 Å². The third-order valence-corrected chi connectivity index (χ3v) is 6.89. The molecule has 2 fully saturated rings. The largest absolute Gasteiger partial charge is 0.379 e. The number of likely N-dealkylation sites (tertiary alicyclic amines) is 1. The van der Waals surface area contributed by atoms with Crippen LogP contribution in [0.5, 0.6) is 0 Å². The highest BCUT2D eigenvalue weighted by atomic mass is 16.5. The monoisotopic (exact) mass is 494 g/mol. The van der Waals surface area contributed by atoms with E-state index in [1.54, 1.807) is 11.1 Å². The number of aryl methyl sites for hydroxylation is 1. The SMILES string of the molecule is Cc1cnc(C(=O)N(CCC(=O)NC2CCN(Cc3ccccc3)CC2)CCN2CCOCC2)cn1. The van der Waals surface area contributed by atoms with Gasteiger partial charge in [-0.1, -0.05) is 30.3 Å². The maximum Gasteiger partial charge on any atom is 0.274 e. The van der Waals surface area contributed by atoms with Crippen LogP contribution in [-0.4, -0.2) is 102 Å². The zero-order valence-corrected chi connectivity index (χ0v) is 21.3. The molecule has 0 atom stereocenters. The fraction of sp³-hybridized carbons (Fsp3) is 0.556. The summed E-state index contributed by atoms with van der Waals surface area (Å²) in [6.45, 7) is 9.51. The molecule has 9 nitrogen and oxygen atoms in total. The molecule has 4 rings (SSSR count). The highest BCUT2D eigenvalue weighted by molar-refractivity contribution is 5.92. The van der Waals surface area contributed by atoms with E-state index >= 15 is 0 Å². The van der Waals surface area contributed by atoms with Crippen LogP contribution in [-0.2, 0) is 16.1 Å². The van der Waals surface area contributed by atoms with E-state index in [4.69, 9.17) is 4.74 Å². The quantitative estimate of drug-likeness (QED) is 0.538. The minimum absolute atomic E-state index is 0.00401. The van der Waals surface area contributed by atoms with Gasteiger partial charge in [-0.25, -0.2) is 4.98 Å². The molecule has 0 bridgehead atoms. The number of carbonyl (C=O) groups is 2. The Morgan fingerprint density at radius 3 is 2.44 bits per heavy atom. The topological polar surface area (TPSA) is 90.9 Å². The van der Waals surface area contributed by atoms with E-state index in [9.17, 15) is 9.59 Å². The molecule has 2 aromatic rings. The lowest BCUT2D eigenvalue weighted by atomic mass is 10.0. The fourth-order valence-electron chi connectivity index (χ4n) is 4.68. The number of nitrogens with one attached hydrogen (secondary N) is 1. The van der Waals surface area contributed by atoms with Crippen LogP contribution < -0.4 is 5.32 Å². The number of hydrogen-bond donors (Lipinski definition) is 1. The van der Waals surface area contributed by atoms with Crippen molar-refractivity contribution < 1.29 is 14.3 Å². The van der Waals surface area contributed by atoms with Gasteiger partial charge in [-0.15, -0.1) is 0 Å². The number of hydrogen-bond acceptors (Lipinski definition) is 7. The Labute approximate surface area is 213 Å². The predicted octanol–water partition coefficient (Wildman–Crippen LogP) is 1.73. The highest BCUT2D eigenvalue weighted by Gasteiger charge is 2.23. The molecule has 194 valence electrons. The molecule has 1 aromatic heterocycles. The minimum atomic E-state index is -0.183. The zero-order valence-electron chi connectivity index (χ0n) is 21.3. The molecule has 9 heteroatoms. The van der Waals surface area contributed by atoms with E-state index in [1.807, 2.05) is 13.0 Å². The molecule has 2 amide bonds. The van der Waals surface area contributed by atoms with E-state index in [0.29, 0.717) is 32.0 Å². The standard InChI is InChI=1S/C27H38N6O3/c1-22-19-29-25(20-28-22)27(35)33(14-13-31-15-17-36-18-16-31)12-9-26(34)30-24-7-10-32(11-8-24)21-23-5-3-2-4-6-23/h2-6,19-20,24H,7-18,21H2,1H3,(H,30,34). The average Bonchev–Trinajstić information content (AvgIpc) is 2.91. The molecule has 0 radical (unpaired) electrons. The first-order chi connectivity index (χ1) is 17.6. The van der Waals surface area contributed by atoms with Crippen LogP contribution in [0.1, 0.15) is 41.0 Å². The second-order valence-corrected chi connectivity index (χ2v) is 9.64. The van der Waals surface area contributed by atoms with Crippen molar-refractivity contribution >= 4 is 11.8 Å². The predicted molar refractivity (Wildman–Crippen MR) is 137 cm³/mol. The van der Waals surface area contributed by atoms with Crippen LogP contribution in [0.4, 0.5) is 0 Å². The number of benzene rings is 1. The third-order valence-electron chi connectivity index (χ3n) is 6.89. The van der Waals surface area contributed by atoms with Crippen LogP contribution in [0.25, 0.3) is 0 Å². The van der Waals surface area contributed by atoms with Gasteiger partial charge in [-0.05, 0) is 25.3 Å². The van der Waals surface area contributed by atoms with Crippen molar-refractivity contribution in [1.29, 1.82) is 0 Å². The number of nitrogens with zero attached hydrogens (tertiary/aromatic N) is 5. The summed E-state index contributed by atoms with van der Waals surface area (Å²) >= 11 is 0. The molecule has 2 aliphatic rings. The normalized spacial score (nSPS) is 17.6. The second-order valence-electron chi connectivity index (χ2n) is 9.64. The number of amides is 2. The molecule has 3 heterocycles. The first-order valence-electron chi connectivity index (χ1n) is 13.0. The molecule has 0 saturated carbocycles. The molecule has 0 aliphatic carbocycles. The van der Waals surface area contributed by atoms with Crippen molar-refractivity contribution in [1.82, 2.24) is 30.0 Å². The third kappa shape index (κ3) is 8.08. The number of carbonyl (C=O) groups excluding carboxylic acids is 2. The lowest BCUT2D eigenvalue weighted by Gasteiger charge is -2.32. The average molecular weight is 495 g/mol. The first kappa shape index (κ1) is 26.2. The summed E-state index contributed by atoms with van der Waals surface area (Å²) in [6.07, 6.45) is 5.28. The van der Waals surface area contributed by atoms with E-state index < -0.39 is 0 Å². The number of ether oxygens (including phenoxy) is 1. The van der Waals surface area contributed by atoms with Gasteiger partial charge in [0.2, 0.25) is 5.91 Å². The summed E-state index contributed by atoms with van der Waals surface area (Å²) in [7, 11) is 0. The van der Waals surface area contributed by atoms with Crippen LogP contribution in [0.15, 0.2) is 42.7 Å². The van der Waals surface area contributed by atoms with E-state index in [2.05, 4.69) is 49.4 Å². The molecule has 2 aliphatic heterocycles. The van der Waals surface area contributed by atoms with Crippen molar-refractivity contribution in [2.75, 3.05) is 59.0 Å². The van der Waals surface area contributed by atoms with Gasteiger partial charge >= 0.3 is 0 Å². The smallest absolute Gasteiger partial charge is 0.274 e. The Morgan fingerprint density at radius 1 is 1.00 bits per heavy atom. The van der Waals surface area contributed by atoms with Gasteiger partial charge in [-0.3, -0.25) is 24.4 Å². The Morgan fingerprint density at radius 2 is 1.75 bits per heavy atom. The second kappa shape index (κ2) is 13.4. The van der Waals surface area contributed by atoms with Crippen LogP contribution in [0, 0.1) is 6.92 Å². The van der Waals surface area contributed by atoms with Crippen LogP contribution in [0.3, 0.4) is 0 Å². The maximum absolute atomic E-state index is 13.2. The van der Waals surface area contributed by atoms with Gasteiger partial charge in [0.25, 0.3) is 5.91 Å². The Bertz CT molecular complexity index is 957. The molecule has 2 saturated heterocycles.